The van der Waals surface area contributed by atoms with E-state index in [4.69, 9.17) is 17.3 Å². The molecule has 0 radical (unpaired) electrons. The normalized spacial score (nSPS) is 20.1. The van der Waals surface area contributed by atoms with E-state index >= 15 is 0 Å². The molecule has 1 aromatic rings. The smallest absolute Gasteiger partial charge is 0.271 e. The van der Waals surface area contributed by atoms with E-state index < -0.39 is 4.92 Å². The van der Waals surface area contributed by atoms with Crippen molar-refractivity contribution in [3.05, 3.63) is 33.3 Å². The zero-order valence-electron chi connectivity index (χ0n) is 8.60. The largest absolute Gasteiger partial charge is 0.369 e. The SMILES string of the molecule is NC1CCN(c2ccc([N+](=O)[O-])cc2Cl)C1. The molecule has 1 saturated heterocycles. The van der Waals surface area contributed by atoms with Gasteiger partial charge in [0.15, 0.2) is 0 Å². The summed E-state index contributed by atoms with van der Waals surface area (Å²) >= 11 is 6.01. The Labute approximate surface area is 97.9 Å². The van der Waals surface area contributed by atoms with Crippen molar-refractivity contribution in [3.8, 4) is 0 Å². The number of nitro benzene ring substituents is 1. The summed E-state index contributed by atoms with van der Waals surface area (Å²) in [6.45, 7) is 1.59. The molecule has 1 heterocycles. The summed E-state index contributed by atoms with van der Waals surface area (Å²) in [6.07, 6.45) is 0.924. The molecule has 1 fully saturated rings. The van der Waals surface area contributed by atoms with Crippen LogP contribution in [0.4, 0.5) is 11.4 Å². The highest BCUT2D eigenvalue weighted by Gasteiger charge is 2.22. The van der Waals surface area contributed by atoms with Gasteiger partial charge >= 0.3 is 0 Å². The number of benzene rings is 1. The lowest BCUT2D eigenvalue weighted by Crippen LogP contribution is -2.26. The summed E-state index contributed by atoms with van der Waals surface area (Å²) in [5.41, 5.74) is 6.63. The first-order valence-electron chi connectivity index (χ1n) is 5.02. The molecule has 2 N–H and O–H groups in total. The molecule has 2 rings (SSSR count). The van der Waals surface area contributed by atoms with Crippen molar-refractivity contribution in [2.45, 2.75) is 12.5 Å². The van der Waals surface area contributed by atoms with Crippen LogP contribution in [0.3, 0.4) is 0 Å². The lowest BCUT2D eigenvalue weighted by molar-refractivity contribution is -0.384. The van der Waals surface area contributed by atoms with Gasteiger partial charge in [0.1, 0.15) is 0 Å². The van der Waals surface area contributed by atoms with Crippen LogP contribution in [0.25, 0.3) is 0 Å². The van der Waals surface area contributed by atoms with Crippen LogP contribution in [0.1, 0.15) is 6.42 Å². The van der Waals surface area contributed by atoms with Gasteiger partial charge in [-0.3, -0.25) is 10.1 Å². The van der Waals surface area contributed by atoms with E-state index in [1.165, 1.54) is 12.1 Å². The Hall–Kier alpha value is -1.33. The third-order valence-corrected chi connectivity index (χ3v) is 3.01. The van der Waals surface area contributed by atoms with Gasteiger partial charge in [-0.1, -0.05) is 11.6 Å². The van der Waals surface area contributed by atoms with Crippen molar-refractivity contribution in [3.63, 3.8) is 0 Å². The monoisotopic (exact) mass is 241 g/mol. The number of hydrogen-bond acceptors (Lipinski definition) is 4. The van der Waals surface area contributed by atoms with Gasteiger partial charge in [-0.2, -0.15) is 0 Å². The predicted octanol–water partition coefficient (Wildman–Crippen LogP) is 1.79. The molecule has 1 aromatic carbocycles. The number of rotatable bonds is 2. The molecule has 86 valence electrons. The zero-order chi connectivity index (χ0) is 11.7. The summed E-state index contributed by atoms with van der Waals surface area (Å²) < 4.78 is 0. The zero-order valence-corrected chi connectivity index (χ0v) is 9.35. The summed E-state index contributed by atoms with van der Waals surface area (Å²) in [5.74, 6) is 0. The third kappa shape index (κ3) is 2.10. The van der Waals surface area contributed by atoms with Crippen LogP contribution in [0.15, 0.2) is 18.2 Å². The van der Waals surface area contributed by atoms with E-state index in [0.29, 0.717) is 5.02 Å². The molecular formula is C10H12ClN3O2. The molecule has 0 spiro atoms. The minimum Gasteiger partial charge on any atom is -0.369 e. The number of nitrogens with two attached hydrogens (primary N) is 1. The first-order valence-corrected chi connectivity index (χ1v) is 5.40. The number of halogens is 1. The fourth-order valence-electron chi connectivity index (χ4n) is 1.87. The van der Waals surface area contributed by atoms with Crippen LogP contribution < -0.4 is 10.6 Å². The second kappa shape index (κ2) is 4.27. The quantitative estimate of drug-likeness (QED) is 0.633. The van der Waals surface area contributed by atoms with Gasteiger partial charge in [-0.15, -0.1) is 0 Å². The van der Waals surface area contributed by atoms with Crippen molar-refractivity contribution in [2.75, 3.05) is 18.0 Å². The second-order valence-electron chi connectivity index (χ2n) is 3.89. The van der Waals surface area contributed by atoms with Gasteiger partial charge < -0.3 is 10.6 Å². The molecular weight excluding hydrogens is 230 g/mol. The molecule has 1 unspecified atom stereocenters. The molecule has 1 aliphatic heterocycles. The molecule has 0 bridgehead atoms. The van der Waals surface area contributed by atoms with Crippen molar-refractivity contribution < 1.29 is 4.92 Å². The summed E-state index contributed by atoms with van der Waals surface area (Å²) in [7, 11) is 0. The number of nitro groups is 1. The topological polar surface area (TPSA) is 72.4 Å². The average molecular weight is 242 g/mol. The Bertz CT molecular complexity index is 425. The summed E-state index contributed by atoms with van der Waals surface area (Å²) in [5, 5.41) is 11.0. The van der Waals surface area contributed by atoms with Crippen molar-refractivity contribution in [1.82, 2.24) is 0 Å². The highest BCUT2D eigenvalue weighted by molar-refractivity contribution is 6.33. The highest BCUT2D eigenvalue weighted by atomic mass is 35.5. The minimum absolute atomic E-state index is 0.0113. The molecule has 0 aliphatic carbocycles. The van der Waals surface area contributed by atoms with Gasteiger partial charge in [0.05, 0.1) is 15.6 Å². The van der Waals surface area contributed by atoms with E-state index in [0.717, 1.165) is 25.2 Å². The first-order chi connectivity index (χ1) is 7.58. The van der Waals surface area contributed by atoms with E-state index in [1.807, 2.05) is 0 Å². The van der Waals surface area contributed by atoms with Crippen molar-refractivity contribution in [2.24, 2.45) is 5.73 Å². The van der Waals surface area contributed by atoms with Crippen LogP contribution >= 0.6 is 11.6 Å². The maximum Gasteiger partial charge on any atom is 0.271 e. The number of nitrogens with zero attached hydrogens (tertiary/aromatic N) is 2. The van der Waals surface area contributed by atoms with Gasteiger partial charge in [-0.05, 0) is 12.5 Å². The Balaban J connectivity index is 2.26. The van der Waals surface area contributed by atoms with E-state index in [-0.39, 0.29) is 11.7 Å². The number of non-ortho nitro benzene ring substituents is 1. The molecule has 1 aliphatic rings. The van der Waals surface area contributed by atoms with Crippen LogP contribution in [0.2, 0.25) is 5.02 Å². The Morgan fingerprint density at radius 2 is 2.31 bits per heavy atom. The van der Waals surface area contributed by atoms with Gasteiger partial charge in [0, 0.05) is 31.3 Å². The highest BCUT2D eigenvalue weighted by Crippen LogP contribution is 2.31. The van der Waals surface area contributed by atoms with E-state index in [1.54, 1.807) is 6.07 Å². The van der Waals surface area contributed by atoms with E-state index in [2.05, 4.69) is 4.90 Å². The second-order valence-corrected chi connectivity index (χ2v) is 4.29. The lowest BCUT2D eigenvalue weighted by atomic mass is 10.2. The van der Waals surface area contributed by atoms with Gasteiger partial charge in [-0.25, -0.2) is 0 Å². The number of anilines is 1. The lowest BCUT2D eigenvalue weighted by Gasteiger charge is -2.19. The minimum atomic E-state index is -0.453. The van der Waals surface area contributed by atoms with Gasteiger partial charge in [0.25, 0.3) is 5.69 Å². The Kier molecular flexibility index (Phi) is 2.98. The molecule has 0 amide bonds. The molecule has 16 heavy (non-hydrogen) atoms. The van der Waals surface area contributed by atoms with Gasteiger partial charge in [0.2, 0.25) is 0 Å². The predicted molar refractivity (Wildman–Crippen MR) is 62.9 cm³/mol. The van der Waals surface area contributed by atoms with E-state index in [9.17, 15) is 10.1 Å². The average Bonchev–Trinajstić information content (AvgIpc) is 2.64. The van der Waals surface area contributed by atoms with Crippen LogP contribution in [0.5, 0.6) is 0 Å². The molecule has 6 heteroatoms. The maximum atomic E-state index is 10.6. The fraction of sp³-hybridized carbons (Fsp3) is 0.400. The molecule has 0 aromatic heterocycles. The summed E-state index contributed by atoms with van der Waals surface area (Å²) in [4.78, 5) is 12.2. The van der Waals surface area contributed by atoms with Crippen LogP contribution in [-0.4, -0.2) is 24.1 Å². The number of hydrogen-bond donors (Lipinski definition) is 1. The molecule has 0 saturated carbocycles. The van der Waals surface area contributed by atoms with Crippen LogP contribution in [-0.2, 0) is 0 Å². The van der Waals surface area contributed by atoms with Crippen LogP contribution in [0, 0.1) is 10.1 Å². The molecule has 5 nitrogen and oxygen atoms in total. The standard InChI is InChI=1S/C10H12ClN3O2/c11-9-5-8(14(15)16)1-2-10(9)13-4-3-7(12)6-13/h1-2,5,7H,3-4,6,12H2. The van der Waals surface area contributed by atoms with Crippen molar-refractivity contribution in [1.29, 1.82) is 0 Å². The first kappa shape index (κ1) is 11.2. The Morgan fingerprint density at radius 3 is 2.81 bits per heavy atom. The Morgan fingerprint density at radius 1 is 1.56 bits per heavy atom. The molecule has 1 atom stereocenters. The summed E-state index contributed by atoms with van der Waals surface area (Å²) in [6, 6.07) is 4.68. The van der Waals surface area contributed by atoms with Crippen molar-refractivity contribution >= 4 is 23.0 Å². The fourth-order valence-corrected chi connectivity index (χ4v) is 2.17. The maximum absolute atomic E-state index is 10.6. The third-order valence-electron chi connectivity index (χ3n) is 2.71.